The van der Waals surface area contributed by atoms with Crippen LogP contribution < -0.4 is 0 Å². The third-order valence-corrected chi connectivity index (χ3v) is 6.33. The van der Waals surface area contributed by atoms with Gasteiger partial charge in [-0.15, -0.1) is 0 Å². The Morgan fingerprint density at radius 3 is 2.71 bits per heavy atom. The molecule has 3 heteroatoms. The van der Waals surface area contributed by atoms with E-state index >= 15 is 0 Å². The fourth-order valence-electron chi connectivity index (χ4n) is 0.441. The second kappa shape index (κ2) is 2.38. The van der Waals surface area contributed by atoms with Crippen LogP contribution in [0.25, 0.3) is 0 Å². The third-order valence-electron chi connectivity index (χ3n) is 0.827. The molecule has 1 atom stereocenters. The molecule has 1 heterocycles. The summed E-state index contributed by atoms with van der Waals surface area (Å²) in [4.78, 5) is 10.7. The van der Waals surface area contributed by atoms with Gasteiger partial charge in [0.05, 0.1) is 0 Å². The van der Waals surface area contributed by atoms with E-state index in [0.29, 0.717) is 3.54 Å². The molecule has 0 saturated carbocycles. The average molecular weight is 261 g/mol. The first-order chi connectivity index (χ1) is 3.30. The number of allylic oxidation sites excluding steroid dienone is 1. The summed E-state index contributed by atoms with van der Waals surface area (Å²) in [6.45, 7) is 0. The van der Waals surface area contributed by atoms with Crippen LogP contribution in [0.3, 0.4) is 0 Å². The van der Waals surface area contributed by atoms with Crippen molar-refractivity contribution in [3.05, 3.63) is 9.91 Å². The van der Waals surface area contributed by atoms with Gasteiger partial charge in [-0.05, 0) is 0 Å². The van der Waals surface area contributed by atoms with Crippen LogP contribution in [-0.4, -0.2) is 42.5 Å². The van der Waals surface area contributed by atoms with Gasteiger partial charge in [-0.1, -0.05) is 0 Å². The molecule has 1 nitrogen and oxygen atoms in total. The Balaban J connectivity index is 2.62. The van der Waals surface area contributed by atoms with Gasteiger partial charge in [-0.3, -0.25) is 0 Å². The van der Waals surface area contributed by atoms with Crippen LogP contribution in [0.5, 0.6) is 0 Å². The minimum atomic E-state index is -0.818. The summed E-state index contributed by atoms with van der Waals surface area (Å²) in [5.74, 6) is 0. The Morgan fingerprint density at radius 2 is 2.57 bits per heavy atom. The molecule has 2 radical (unpaired) electrons. The summed E-state index contributed by atoms with van der Waals surface area (Å²) in [7, 11) is 0. The first-order valence-corrected chi connectivity index (χ1v) is 6.56. The van der Waals surface area contributed by atoms with E-state index in [9.17, 15) is 4.79 Å². The molecule has 1 aliphatic heterocycles. The molecule has 1 unspecified atom stereocenters. The zero-order valence-corrected chi connectivity index (χ0v) is 8.63. The monoisotopic (exact) mass is 262 g/mol. The summed E-state index contributed by atoms with van der Waals surface area (Å²) in [6, 6.07) is 0. The van der Waals surface area contributed by atoms with Crippen molar-refractivity contribution in [2.75, 3.05) is 0 Å². The van der Waals surface area contributed by atoms with Crippen molar-refractivity contribution in [1.82, 2.24) is 0 Å². The first kappa shape index (κ1) is 5.93. The van der Waals surface area contributed by atoms with E-state index in [0.717, 1.165) is 0 Å². The second-order valence-electron chi connectivity index (χ2n) is 1.37. The van der Waals surface area contributed by atoms with Crippen molar-refractivity contribution >= 4 is 42.5 Å². The standard InChI is InChI=1S/C4H3OSe.In/c1-2-4(6)3-5;/h1-2,4H;. The molecule has 1 aliphatic rings. The number of hydrogen-bond acceptors (Lipinski definition) is 1. The van der Waals surface area contributed by atoms with E-state index in [1.54, 1.807) is 0 Å². The van der Waals surface area contributed by atoms with Crippen molar-refractivity contribution in [2.45, 2.75) is 4.82 Å². The SMILES string of the molecule is O=[C]1[In][CH]=CC1[Se]. The van der Waals surface area contributed by atoms with Gasteiger partial charge in [0.25, 0.3) is 0 Å². The minimum absolute atomic E-state index is 0.154. The van der Waals surface area contributed by atoms with Gasteiger partial charge in [0.2, 0.25) is 0 Å². The molecular weight excluding hydrogens is 258 g/mol. The van der Waals surface area contributed by atoms with Gasteiger partial charge in [0.1, 0.15) is 0 Å². The molecule has 7 heavy (non-hydrogen) atoms. The molecule has 1 rings (SSSR count). The van der Waals surface area contributed by atoms with Crippen molar-refractivity contribution in [1.29, 1.82) is 0 Å². The van der Waals surface area contributed by atoms with Crippen LogP contribution in [-0.2, 0) is 4.79 Å². The van der Waals surface area contributed by atoms with Gasteiger partial charge in [-0.25, -0.2) is 0 Å². The van der Waals surface area contributed by atoms with E-state index < -0.39 is 22.9 Å². The molecule has 34 valence electrons. The summed E-state index contributed by atoms with van der Waals surface area (Å²) in [6.07, 6.45) is 1.98. The molecule has 0 bridgehead atoms. The van der Waals surface area contributed by atoms with Crippen molar-refractivity contribution in [3.63, 3.8) is 0 Å². The molecule has 0 aromatic heterocycles. The van der Waals surface area contributed by atoms with E-state index in [-0.39, 0.29) is 4.82 Å². The Morgan fingerprint density at radius 1 is 1.86 bits per heavy atom. The van der Waals surface area contributed by atoms with E-state index in [1.807, 2.05) is 6.08 Å². The maximum absolute atomic E-state index is 10.6. The molecule has 0 saturated heterocycles. The predicted molar refractivity (Wildman–Crippen MR) is 29.4 cm³/mol. The quantitative estimate of drug-likeness (QED) is 0.547. The maximum atomic E-state index is 10.6. The van der Waals surface area contributed by atoms with Gasteiger partial charge >= 0.3 is 62.0 Å². The van der Waals surface area contributed by atoms with E-state index in [2.05, 4.69) is 19.8 Å². The Bertz CT molecular complexity index is 121. The number of carbonyl (C=O) groups excluding carboxylic acids is 1. The molecule has 0 N–H and O–H groups in total. The van der Waals surface area contributed by atoms with Crippen molar-refractivity contribution in [2.24, 2.45) is 0 Å². The molecule has 0 amide bonds. The van der Waals surface area contributed by atoms with Crippen LogP contribution >= 0.6 is 0 Å². The normalized spacial score (nSPS) is 28.1. The number of carbonyl (C=O) groups is 1. The molecular formula is C4H3InOSe. The van der Waals surface area contributed by atoms with Crippen LogP contribution in [0.15, 0.2) is 9.91 Å². The number of rotatable bonds is 0. The van der Waals surface area contributed by atoms with Crippen LogP contribution in [0.4, 0.5) is 0 Å². The molecule has 0 fully saturated rings. The zero-order chi connectivity index (χ0) is 5.28. The fourth-order valence-corrected chi connectivity index (χ4v) is 5.12. The van der Waals surface area contributed by atoms with Gasteiger partial charge in [0.15, 0.2) is 0 Å². The summed E-state index contributed by atoms with van der Waals surface area (Å²) in [5, 5.41) is 0. The second-order valence-corrected chi connectivity index (χ2v) is 6.11. The Kier molecular flexibility index (Phi) is 2.02. The van der Waals surface area contributed by atoms with Gasteiger partial charge < -0.3 is 0 Å². The Labute approximate surface area is 61.7 Å². The van der Waals surface area contributed by atoms with Crippen molar-refractivity contribution < 1.29 is 4.79 Å². The molecule has 0 spiro atoms. The molecule has 0 aromatic rings. The van der Waals surface area contributed by atoms with Crippen molar-refractivity contribution in [3.8, 4) is 0 Å². The summed E-state index contributed by atoms with van der Waals surface area (Å²) < 4.78 is 2.56. The average Bonchev–Trinajstić information content (AvgIpc) is 1.91. The Hall–Kier alpha value is 0.800. The van der Waals surface area contributed by atoms with Crippen LogP contribution in [0.2, 0.25) is 4.82 Å². The summed E-state index contributed by atoms with van der Waals surface area (Å²) in [5.41, 5.74) is 0. The molecule has 0 aromatic carbocycles. The topological polar surface area (TPSA) is 17.1 Å². The predicted octanol–water partition coefficient (Wildman–Crippen LogP) is -0.299. The van der Waals surface area contributed by atoms with E-state index in [4.69, 9.17) is 0 Å². The van der Waals surface area contributed by atoms with E-state index in [1.165, 1.54) is 0 Å². The number of hydrogen-bond donors (Lipinski definition) is 0. The van der Waals surface area contributed by atoms with Crippen LogP contribution in [0, 0.1) is 0 Å². The van der Waals surface area contributed by atoms with Gasteiger partial charge in [-0.2, -0.15) is 0 Å². The van der Waals surface area contributed by atoms with Crippen LogP contribution in [0.1, 0.15) is 0 Å². The third kappa shape index (κ3) is 1.34. The summed E-state index contributed by atoms with van der Waals surface area (Å²) >= 11 is 1.98. The fraction of sp³-hybridized carbons (Fsp3) is 0.250. The molecule has 0 aliphatic carbocycles. The zero-order valence-electron chi connectivity index (χ0n) is 3.63. The van der Waals surface area contributed by atoms with Gasteiger partial charge in [0, 0.05) is 0 Å². The first-order valence-electron chi connectivity index (χ1n) is 2.02.